The fourth-order valence-electron chi connectivity index (χ4n) is 0.313. The first kappa shape index (κ1) is 7.08. The molecule has 1 aromatic heterocycles. The number of aromatic nitrogens is 1. The number of hydrogen-bond donors (Lipinski definition) is 0. The first-order valence-electron chi connectivity index (χ1n) is 2.26. The van der Waals surface area contributed by atoms with Crippen molar-refractivity contribution < 1.29 is 0 Å². The van der Waals surface area contributed by atoms with Crippen LogP contribution in [0.15, 0.2) is 30.6 Å². The Morgan fingerprint density at radius 1 is 1.00 bits per heavy atom. The quantitative estimate of drug-likeness (QED) is 0.440. The molecule has 0 atom stereocenters. The zero-order valence-corrected chi connectivity index (χ0v) is 4.62. The van der Waals surface area contributed by atoms with Gasteiger partial charge in [0.25, 0.3) is 0 Å². The minimum atomic E-state index is 1.75. The third kappa shape index (κ3) is 3.28. The van der Waals surface area contributed by atoms with E-state index in [1.807, 2.05) is 18.2 Å². The Kier molecular flexibility index (Phi) is 5.39. The fraction of sp³-hybridized carbons (Fsp3) is 0. The summed E-state index contributed by atoms with van der Waals surface area (Å²) in [6.07, 6.45) is 3.50. The van der Waals surface area contributed by atoms with Gasteiger partial charge in [0.15, 0.2) is 0 Å². The number of hydrogen-bond acceptors (Lipinski definition) is 1. The van der Waals surface area contributed by atoms with Gasteiger partial charge in [0.2, 0.25) is 0 Å². The van der Waals surface area contributed by atoms with Crippen molar-refractivity contribution in [2.45, 2.75) is 0 Å². The van der Waals surface area contributed by atoms with Crippen molar-refractivity contribution in [2.24, 2.45) is 0 Å². The van der Waals surface area contributed by atoms with Crippen molar-refractivity contribution >= 4 is 14.0 Å². The van der Waals surface area contributed by atoms with Gasteiger partial charge in [0.1, 0.15) is 0 Å². The molecule has 0 aliphatic carbocycles. The Bertz CT molecular complexity index is 91.4. The molecule has 0 spiro atoms. The second-order valence-electron chi connectivity index (χ2n) is 1.02. The molecule has 1 radical (unpaired) electrons. The predicted octanol–water partition coefficient (Wildman–Crippen LogP) is 0.668. The second kappa shape index (κ2) is 6.08. The van der Waals surface area contributed by atoms with Crippen molar-refractivity contribution in [3.05, 3.63) is 30.6 Å². The fourth-order valence-corrected chi connectivity index (χ4v) is 0.313. The molecule has 0 N–H and O–H groups in total. The SMILES string of the molecule is [B]=C.c1ccncc1. The van der Waals surface area contributed by atoms with Crippen molar-refractivity contribution in [2.75, 3.05) is 0 Å². The summed E-state index contributed by atoms with van der Waals surface area (Å²) in [4.78, 5) is 3.78. The summed E-state index contributed by atoms with van der Waals surface area (Å²) in [5, 5.41) is 0. The summed E-state index contributed by atoms with van der Waals surface area (Å²) in [6, 6.07) is 5.72. The molecule has 0 saturated heterocycles. The minimum absolute atomic E-state index is 1.75. The monoisotopic (exact) mass is 104 g/mol. The Hall–Kier alpha value is -0.915. The molecular weight excluding hydrogens is 96.9 g/mol. The predicted molar refractivity (Wildman–Crippen MR) is 37.1 cm³/mol. The first-order valence-corrected chi connectivity index (χ1v) is 2.26. The summed E-state index contributed by atoms with van der Waals surface area (Å²) in [6.45, 7) is 2.75. The maximum absolute atomic E-state index is 4.25. The summed E-state index contributed by atoms with van der Waals surface area (Å²) < 4.78 is 0. The maximum atomic E-state index is 4.25. The first-order chi connectivity index (χ1) is 4.00. The molecule has 0 aromatic carbocycles. The van der Waals surface area contributed by atoms with Gasteiger partial charge >= 0.3 is 14.0 Å². The third-order valence-corrected chi connectivity index (χ3v) is 0.566. The molecule has 0 aliphatic heterocycles. The Morgan fingerprint density at radius 3 is 1.62 bits per heavy atom. The molecule has 1 nitrogen and oxygen atoms in total. The van der Waals surface area contributed by atoms with Crippen molar-refractivity contribution in [3.8, 4) is 0 Å². The summed E-state index contributed by atoms with van der Waals surface area (Å²) in [5.41, 5.74) is 0. The van der Waals surface area contributed by atoms with Crippen LogP contribution in [0.4, 0.5) is 0 Å². The van der Waals surface area contributed by atoms with Gasteiger partial charge in [-0.15, -0.1) is 0 Å². The van der Waals surface area contributed by atoms with Gasteiger partial charge in [-0.05, 0) is 12.1 Å². The van der Waals surface area contributed by atoms with Crippen LogP contribution < -0.4 is 0 Å². The van der Waals surface area contributed by atoms with E-state index in [9.17, 15) is 0 Å². The number of rotatable bonds is 0. The number of pyridine rings is 1. The van der Waals surface area contributed by atoms with E-state index >= 15 is 0 Å². The largest absolute Gasteiger partial charge is 0.265 e. The van der Waals surface area contributed by atoms with E-state index in [1.54, 1.807) is 12.4 Å². The van der Waals surface area contributed by atoms with Gasteiger partial charge in [-0.25, -0.2) is 0 Å². The van der Waals surface area contributed by atoms with Gasteiger partial charge in [-0.2, -0.15) is 0 Å². The van der Waals surface area contributed by atoms with Crippen molar-refractivity contribution in [3.63, 3.8) is 0 Å². The van der Waals surface area contributed by atoms with E-state index in [4.69, 9.17) is 0 Å². The average Bonchev–Trinajstić information content (AvgIpc) is 1.96. The zero-order chi connectivity index (χ0) is 6.24. The van der Waals surface area contributed by atoms with Crippen LogP contribution in [0.25, 0.3) is 0 Å². The Balaban J connectivity index is 0.000000222. The van der Waals surface area contributed by atoms with Crippen LogP contribution in [0.5, 0.6) is 0 Å². The van der Waals surface area contributed by atoms with E-state index in [0.29, 0.717) is 0 Å². The molecule has 39 valence electrons. The van der Waals surface area contributed by atoms with Crippen LogP contribution in [-0.4, -0.2) is 18.9 Å². The summed E-state index contributed by atoms with van der Waals surface area (Å²) >= 11 is 0. The smallest absolute Gasteiger partial charge is 0.0267 e. The van der Waals surface area contributed by atoms with Gasteiger partial charge in [-0.1, -0.05) is 6.07 Å². The summed E-state index contributed by atoms with van der Waals surface area (Å²) in [7, 11) is 4.25. The van der Waals surface area contributed by atoms with E-state index < -0.39 is 0 Å². The van der Waals surface area contributed by atoms with Gasteiger partial charge in [0.05, 0.1) is 0 Å². The van der Waals surface area contributed by atoms with Crippen LogP contribution in [0.1, 0.15) is 0 Å². The average molecular weight is 104 g/mol. The minimum Gasteiger partial charge on any atom is -0.265 e. The second-order valence-corrected chi connectivity index (χ2v) is 1.02. The topological polar surface area (TPSA) is 12.9 Å². The van der Waals surface area contributed by atoms with Crippen LogP contribution in [0.3, 0.4) is 0 Å². The number of nitrogens with zero attached hydrogens (tertiary/aromatic N) is 1. The molecule has 2 heteroatoms. The zero-order valence-electron chi connectivity index (χ0n) is 4.62. The molecule has 1 rings (SSSR count). The van der Waals surface area contributed by atoms with Gasteiger partial charge in [-0.3, -0.25) is 4.98 Å². The van der Waals surface area contributed by atoms with Crippen molar-refractivity contribution in [1.82, 2.24) is 4.98 Å². The molecule has 0 bridgehead atoms. The van der Waals surface area contributed by atoms with E-state index in [-0.39, 0.29) is 0 Å². The molecule has 1 heterocycles. The van der Waals surface area contributed by atoms with Gasteiger partial charge < -0.3 is 0 Å². The Morgan fingerprint density at radius 2 is 1.50 bits per heavy atom. The van der Waals surface area contributed by atoms with Crippen molar-refractivity contribution in [1.29, 1.82) is 0 Å². The Labute approximate surface area is 50.5 Å². The van der Waals surface area contributed by atoms with E-state index in [1.165, 1.54) is 0 Å². The third-order valence-electron chi connectivity index (χ3n) is 0.566. The van der Waals surface area contributed by atoms with Crippen LogP contribution in [0, 0.1) is 0 Å². The standard InChI is InChI=1S/C5H5N.CH2B/c1-2-4-6-5-3-1;1-2/h1-5H;1H2. The van der Waals surface area contributed by atoms with Crippen LogP contribution in [0.2, 0.25) is 0 Å². The molecule has 1 aromatic rings. The molecule has 0 unspecified atom stereocenters. The molecule has 0 amide bonds. The van der Waals surface area contributed by atoms with Crippen LogP contribution in [-0.2, 0) is 0 Å². The van der Waals surface area contributed by atoms with Gasteiger partial charge in [0, 0.05) is 12.4 Å². The molecule has 8 heavy (non-hydrogen) atoms. The molecular formula is C6H7BN. The normalized spacial score (nSPS) is 6.38. The van der Waals surface area contributed by atoms with E-state index in [2.05, 4.69) is 18.9 Å². The van der Waals surface area contributed by atoms with Crippen LogP contribution >= 0.6 is 0 Å². The van der Waals surface area contributed by atoms with E-state index in [0.717, 1.165) is 0 Å². The summed E-state index contributed by atoms with van der Waals surface area (Å²) in [5.74, 6) is 0. The maximum Gasteiger partial charge on any atom is 0.0267 e. The molecule has 0 fully saturated rings. The molecule has 0 aliphatic rings. The molecule has 0 saturated carbocycles.